The normalized spacial score (nSPS) is 22.6. The minimum atomic E-state index is -4.68. The van der Waals surface area contributed by atoms with Gasteiger partial charge in [-0.15, -0.1) is 13.2 Å². The summed E-state index contributed by atoms with van der Waals surface area (Å²) in [5, 5.41) is 3.14. The Morgan fingerprint density at radius 3 is 2.50 bits per heavy atom. The Hall–Kier alpha value is -0.910. The van der Waals surface area contributed by atoms with Crippen molar-refractivity contribution in [3.8, 4) is 5.75 Å². The molecule has 0 bridgehead atoms. The van der Waals surface area contributed by atoms with Crippen molar-refractivity contribution in [2.45, 2.75) is 39.1 Å². The smallest absolute Gasteiger partial charge is 0.404 e. The van der Waals surface area contributed by atoms with Gasteiger partial charge in [0.1, 0.15) is 0 Å². The fourth-order valence-electron chi connectivity index (χ4n) is 2.37. The molecule has 112 valence electrons. The molecule has 1 N–H and O–H groups in total. The zero-order valence-corrected chi connectivity index (χ0v) is 12.9. The van der Waals surface area contributed by atoms with Crippen LogP contribution < -0.4 is 10.1 Å². The molecule has 2 nitrogen and oxygen atoms in total. The minimum absolute atomic E-state index is 0.195. The van der Waals surface area contributed by atoms with Crippen LogP contribution in [0, 0.1) is 11.8 Å². The number of anilines is 1. The first-order chi connectivity index (χ1) is 9.24. The highest BCUT2D eigenvalue weighted by Crippen LogP contribution is 2.39. The van der Waals surface area contributed by atoms with Crippen molar-refractivity contribution in [1.29, 1.82) is 0 Å². The number of ether oxygens (including phenoxy) is 1. The van der Waals surface area contributed by atoms with Crippen molar-refractivity contribution >= 4 is 21.6 Å². The lowest BCUT2D eigenvalue weighted by atomic mass is 9.73. The Labute approximate surface area is 124 Å². The van der Waals surface area contributed by atoms with E-state index in [-0.39, 0.29) is 11.8 Å². The summed E-state index contributed by atoms with van der Waals surface area (Å²) in [4.78, 5) is 0. The molecule has 0 aromatic heterocycles. The first kappa shape index (κ1) is 15.5. The highest BCUT2D eigenvalue weighted by molar-refractivity contribution is 9.10. The summed E-state index contributed by atoms with van der Waals surface area (Å²) < 4.78 is 41.8. The summed E-state index contributed by atoms with van der Waals surface area (Å²) in [5.41, 5.74) is 0.387. The van der Waals surface area contributed by atoms with Crippen molar-refractivity contribution in [3.63, 3.8) is 0 Å². The number of hydrogen-bond acceptors (Lipinski definition) is 2. The topological polar surface area (TPSA) is 21.3 Å². The zero-order chi connectivity index (χ0) is 14.9. The van der Waals surface area contributed by atoms with Gasteiger partial charge in [-0.1, -0.05) is 29.8 Å². The van der Waals surface area contributed by atoms with Crippen LogP contribution in [0.5, 0.6) is 5.75 Å². The Morgan fingerprint density at radius 1 is 1.30 bits per heavy atom. The van der Waals surface area contributed by atoms with E-state index in [1.165, 1.54) is 6.07 Å². The second-order valence-electron chi connectivity index (χ2n) is 5.51. The van der Waals surface area contributed by atoms with Crippen molar-refractivity contribution in [3.05, 3.63) is 22.7 Å². The molecule has 1 fully saturated rings. The zero-order valence-electron chi connectivity index (χ0n) is 11.3. The summed E-state index contributed by atoms with van der Waals surface area (Å²) in [5.74, 6) is 1.07. The molecule has 0 aliphatic heterocycles. The summed E-state index contributed by atoms with van der Waals surface area (Å²) in [6.45, 7) is 4.33. The molecule has 0 atom stereocenters. The van der Waals surface area contributed by atoms with Crippen molar-refractivity contribution < 1.29 is 17.9 Å². The van der Waals surface area contributed by atoms with E-state index in [0.29, 0.717) is 22.0 Å². The van der Waals surface area contributed by atoms with Crippen LogP contribution in [-0.2, 0) is 0 Å². The fourth-order valence-corrected chi connectivity index (χ4v) is 2.71. The van der Waals surface area contributed by atoms with Crippen molar-refractivity contribution in [2.75, 3.05) is 5.32 Å². The monoisotopic (exact) mass is 351 g/mol. The highest BCUT2D eigenvalue weighted by Gasteiger charge is 2.34. The Morgan fingerprint density at radius 2 is 1.95 bits per heavy atom. The van der Waals surface area contributed by atoms with Gasteiger partial charge in [-0.25, -0.2) is 0 Å². The van der Waals surface area contributed by atoms with Crippen LogP contribution in [0.2, 0.25) is 0 Å². The molecule has 2 rings (SSSR count). The SMILES string of the molecule is CC(C)C1CC(Nc2ccc(Br)cc2OC(F)(F)F)C1. The molecule has 0 amide bonds. The number of nitrogens with one attached hydrogen (secondary N) is 1. The van der Waals surface area contributed by atoms with Crippen LogP contribution >= 0.6 is 15.9 Å². The third kappa shape index (κ3) is 4.04. The lowest BCUT2D eigenvalue weighted by molar-refractivity contribution is -0.274. The van der Waals surface area contributed by atoms with Gasteiger partial charge in [0.05, 0.1) is 5.69 Å². The van der Waals surface area contributed by atoms with Gasteiger partial charge in [0.15, 0.2) is 5.75 Å². The minimum Gasteiger partial charge on any atom is -0.404 e. The molecule has 0 unspecified atom stereocenters. The van der Waals surface area contributed by atoms with E-state index in [9.17, 15) is 13.2 Å². The van der Waals surface area contributed by atoms with E-state index in [1.807, 2.05) is 0 Å². The van der Waals surface area contributed by atoms with E-state index in [4.69, 9.17) is 0 Å². The number of halogens is 4. The first-order valence-corrected chi connectivity index (χ1v) is 7.35. The van der Waals surface area contributed by atoms with Crippen LogP contribution in [0.1, 0.15) is 26.7 Å². The Bertz CT molecular complexity index is 470. The molecule has 0 radical (unpaired) electrons. The van der Waals surface area contributed by atoms with E-state index < -0.39 is 6.36 Å². The molecular weight excluding hydrogens is 335 g/mol. The molecule has 1 aliphatic rings. The van der Waals surface area contributed by atoms with E-state index in [1.54, 1.807) is 12.1 Å². The van der Waals surface area contributed by atoms with E-state index in [2.05, 4.69) is 39.8 Å². The molecule has 6 heteroatoms. The third-order valence-corrected chi connectivity index (χ3v) is 4.14. The molecule has 1 aromatic rings. The van der Waals surface area contributed by atoms with Gasteiger partial charge >= 0.3 is 6.36 Å². The summed E-state index contributed by atoms with van der Waals surface area (Å²) in [7, 11) is 0. The van der Waals surface area contributed by atoms with Gasteiger partial charge in [-0.3, -0.25) is 0 Å². The maximum Gasteiger partial charge on any atom is 0.573 e. The Balaban J connectivity index is 2.04. The number of hydrogen-bond donors (Lipinski definition) is 1. The predicted molar refractivity (Wildman–Crippen MR) is 75.8 cm³/mol. The average Bonchev–Trinajstić information content (AvgIpc) is 2.22. The Kier molecular flexibility index (Phi) is 4.52. The van der Waals surface area contributed by atoms with Crippen molar-refractivity contribution in [2.24, 2.45) is 11.8 Å². The van der Waals surface area contributed by atoms with Gasteiger partial charge in [0.25, 0.3) is 0 Å². The standard InChI is InChI=1S/C14H17BrF3NO/c1-8(2)9-5-11(6-9)19-12-4-3-10(15)7-13(12)20-14(16,17)18/h3-4,7-9,11,19H,5-6H2,1-2H3. The number of benzene rings is 1. The quantitative estimate of drug-likeness (QED) is 0.805. The molecule has 20 heavy (non-hydrogen) atoms. The van der Waals surface area contributed by atoms with Crippen LogP contribution in [0.3, 0.4) is 0 Å². The van der Waals surface area contributed by atoms with Gasteiger partial charge in [0, 0.05) is 10.5 Å². The van der Waals surface area contributed by atoms with E-state index >= 15 is 0 Å². The van der Waals surface area contributed by atoms with Crippen LogP contribution in [-0.4, -0.2) is 12.4 Å². The fraction of sp³-hybridized carbons (Fsp3) is 0.571. The molecule has 1 saturated carbocycles. The van der Waals surface area contributed by atoms with Crippen molar-refractivity contribution in [1.82, 2.24) is 0 Å². The van der Waals surface area contributed by atoms with Gasteiger partial charge in [-0.2, -0.15) is 0 Å². The van der Waals surface area contributed by atoms with Crippen LogP contribution in [0.4, 0.5) is 18.9 Å². The molecule has 0 spiro atoms. The predicted octanol–water partition coefficient (Wildman–Crippen LogP) is 5.19. The molecular formula is C14H17BrF3NO. The lowest BCUT2D eigenvalue weighted by Gasteiger charge is -2.39. The van der Waals surface area contributed by atoms with Crippen LogP contribution in [0.25, 0.3) is 0 Å². The van der Waals surface area contributed by atoms with Gasteiger partial charge in [0.2, 0.25) is 0 Å². The molecule has 0 heterocycles. The van der Waals surface area contributed by atoms with Gasteiger partial charge < -0.3 is 10.1 Å². The number of alkyl halides is 3. The average molecular weight is 352 g/mol. The maximum absolute atomic E-state index is 12.4. The lowest BCUT2D eigenvalue weighted by Crippen LogP contribution is -2.38. The largest absolute Gasteiger partial charge is 0.573 e. The highest BCUT2D eigenvalue weighted by atomic mass is 79.9. The second-order valence-corrected chi connectivity index (χ2v) is 6.42. The summed E-state index contributed by atoms with van der Waals surface area (Å²) >= 11 is 3.15. The molecule has 0 saturated heterocycles. The van der Waals surface area contributed by atoms with Crippen LogP contribution in [0.15, 0.2) is 22.7 Å². The number of rotatable bonds is 4. The summed E-state index contributed by atoms with van der Waals surface area (Å²) in [6, 6.07) is 4.85. The summed E-state index contributed by atoms with van der Waals surface area (Å²) in [6.07, 6.45) is -2.71. The molecule has 1 aliphatic carbocycles. The third-order valence-electron chi connectivity index (χ3n) is 3.65. The van der Waals surface area contributed by atoms with Gasteiger partial charge in [-0.05, 0) is 42.9 Å². The van der Waals surface area contributed by atoms with E-state index in [0.717, 1.165) is 12.8 Å². The maximum atomic E-state index is 12.4. The molecule has 1 aromatic carbocycles. The second kappa shape index (κ2) is 5.84. The first-order valence-electron chi connectivity index (χ1n) is 6.56.